The Morgan fingerprint density at radius 2 is 1.77 bits per heavy atom. The number of sulfone groups is 1. The molecule has 0 aromatic heterocycles. The van der Waals surface area contributed by atoms with Gasteiger partial charge in [-0.2, -0.15) is 0 Å². The summed E-state index contributed by atoms with van der Waals surface area (Å²) in [6.07, 6.45) is 2.31. The van der Waals surface area contributed by atoms with E-state index in [-0.39, 0.29) is 17.3 Å². The van der Waals surface area contributed by atoms with E-state index in [1.54, 1.807) is 6.92 Å². The van der Waals surface area contributed by atoms with Gasteiger partial charge in [-0.25, -0.2) is 8.42 Å². The molecule has 0 heterocycles. The van der Waals surface area contributed by atoms with Crippen LogP contribution < -0.4 is 0 Å². The van der Waals surface area contributed by atoms with Gasteiger partial charge < -0.3 is 0 Å². The molecule has 0 aromatic rings. The minimum atomic E-state index is -2.88. The highest BCUT2D eigenvalue weighted by atomic mass is 32.2. The second kappa shape index (κ2) is 6.13. The minimum Gasteiger partial charge on any atom is -0.300 e. The van der Waals surface area contributed by atoms with Crippen LogP contribution in [0.25, 0.3) is 0 Å². The summed E-state index contributed by atoms with van der Waals surface area (Å²) in [5.74, 6) is 0.502. The highest BCUT2D eigenvalue weighted by Gasteiger charge is 2.08. The number of carbonyl (C=O) groups is 1. The van der Waals surface area contributed by atoms with Gasteiger partial charge in [-0.15, -0.1) is 0 Å². The molecule has 0 aromatic carbocycles. The Kier molecular flexibility index (Phi) is 5.95. The quantitative estimate of drug-likeness (QED) is 0.635. The van der Waals surface area contributed by atoms with Crippen molar-refractivity contribution < 1.29 is 13.2 Å². The molecule has 78 valence electrons. The molecule has 13 heavy (non-hydrogen) atoms. The fourth-order valence-electron chi connectivity index (χ4n) is 1.04. The topological polar surface area (TPSA) is 51.2 Å². The molecule has 0 N–H and O–H groups in total. The van der Waals surface area contributed by atoms with E-state index < -0.39 is 9.84 Å². The van der Waals surface area contributed by atoms with Gasteiger partial charge in [0.2, 0.25) is 0 Å². The summed E-state index contributed by atoms with van der Waals surface area (Å²) in [4.78, 5) is 11.0. The molecular weight excluding hydrogens is 188 g/mol. The smallest absolute Gasteiger partial charge is 0.150 e. The molecule has 0 aliphatic rings. The number of hydrogen-bond acceptors (Lipinski definition) is 3. The van der Waals surface area contributed by atoms with Crippen LogP contribution in [0.1, 0.15) is 39.5 Å². The van der Waals surface area contributed by atoms with E-state index in [1.165, 1.54) is 0 Å². The standard InChI is InChI=1S/C9H18O3S/c1-3-6-9(10)7-5-8-13(11,12)4-2/h3-8H2,1-2H3. The fraction of sp³-hybridized carbons (Fsp3) is 0.889. The molecule has 0 saturated heterocycles. The number of rotatable bonds is 7. The summed E-state index contributed by atoms with van der Waals surface area (Å²) < 4.78 is 22.1. The molecule has 0 rings (SSSR count). The van der Waals surface area contributed by atoms with Crippen LogP contribution in [0.5, 0.6) is 0 Å². The maximum atomic E-state index is 11.0. The summed E-state index contributed by atoms with van der Waals surface area (Å²) in [7, 11) is -2.88. The SMILES string of the molecule is CCCC(=O)CCCS(=O)(=O)CC. The van der Waals surface area contributed by atoms with Gasteiger partial charge in [0, 0.05) is 18.6 Å². The molecule has 0 unspecified atom stereocenters. The van der Waals surface area contributed by atoms with Crippen LogP contribution in [0.15, 0.2) is 0 Å². The zero-order valence-corrected chi connectivity index (χ0v) is 9.19. The average Bonchev–Trinajstić information content (AvgIpc) is 2.05. The van der Waals surface area contributed by atoms with Crippen molar-refractivity contribution in [3.63, 3.8) is 0 Å². The molecule has 0 radical (unpaired) electrons. The fourth-order valence-corrected chi connectivity index (χ4v) is 1.91. The van der Waals surface area contributed by atoms with Gasteiger partial charge in [0.05, 0.1) is 5.75 Å². The predicted octanol–water partition coefficient (Wildman–Crippen LogP) is 1.57. The molecule has 0 spiro atoms. The van der Waals surface area contributed by atoms with Crippen molar-refractivity contribution in [3.05, 3.63) is 0 Å². The second-order valence-electron chi connectivity index (χ2n) is 3.13. The Morgan fingerprint density at radius 3 is 2.23 bits per heavy atom. The van der Waals surface area contributed by atoms with Crippen molar-refractivity contribution in [2.75, 3.05) is 11.5 Å². The first-order chi connectivity index (χ1) is 6.02. The van der Waals surface area contributed by atoms with Crippen molar-refractivity contribution in [3.8, 4) is 0 Å². The molecule has 0 atom stereocenters. The highest BCUT2D eigenvalue weighted by Crippen LogP contribution is 2.01. The number of carbonyl (C=O) groups excluding carboxylic acids is 1. The first kappa shape index (κ1) is 12.6. The summed E-state index contributed by atoms with van der Waals surface area (Å²) in [6.45, 7) is 3.57. The Bertz CT molecular complexity index is 242. The minimum absolute atomic E-state index is 0.152. The van der Waals surface area contributed by atoms with Crippen LogP contribution in [0.3, 0.4) is 0 Å². The molecule has 0 amide bonds. The summed E-state index contributed by atoms with van der Waals surface area (Å²) in [6, 6.07) is 0. The van der Waals surface area contributed by atoms with E-state index in [1.807, 2.05) is 6.92 Å². The molecule has 0 aliphatic heterocycles. The molecule has 4 heteroatoms. The second-order valence-corrected chi connectivity index (χ2v) is 5.60. The molecule has 0 bridgehead atoms. The Morgan fingerprint density at radius 1 is 1.15 bits per heavy atom. The van der Waals surface area contributed by atoms with Gasteiger partial charge in [-0.1, -0.05) is 13.8 Å². The van der Waals surface area contributed by atoms with Crippen LogP contribution in [0.4, 0.5) is 0 Å². The Balaban J connectivity index is 3.62. The third-order valence-corrected chi connectivity index (χ3v) is 3.67. The van der Waals surface area contributed by atoms with Crippen molar-refractivity contribution in [1.82, 2.24) is 0 Å². The maximum Gasteiger partial charge on any atom is 0.150 e. The molecule has 0 fully saturated rings. The Labute approximate surface area is 80.4 Å². The number of Topliss-reactive ketones (excluding diaryl/α,β-unsaturated/α-hetero) is 1. The van der Waals surface area contributed by atoms with Crippen molar-refractivity contribution in [1.29, 1.82) is 0 Å². The van der Waals surface area contributed by atoms with Gasteiger partial charge in [-0.05, 0) is 12.8 Å². The lowest BCUT2D eigenvalue weighted by atomic mass is 10.1. The van der Waals surface area contributed by atoms with E-state index in [0.717, 1.165) is 6.42 Å². The monoisotopic (exact) mass is 206 g/mol. The van der Waals surface area contributed by atoms with Gasteiger partial charge in [-0.3, -0.25) is 4.79 Å². The zero-order chi connectivity index (χ0) is 10.3. The number of hydrogen-bond donors (Lipinski definition) is 0. The van der Waals surface area contributed by atoms with Crippen LogP contribution in [0.2, 0.25) is 0 Å². The molecule has 0 saturated carbocycles. The zero-order valence-electron chi connectivity index (χ0n) is 8.38. The van der Waals surface area contributed by atoms with Gasteiger partial charge in [0.25, 0.3) is 0 Å². The number of ketones is 1. The van der Waals surface area contributed by atoms with E-state index in [0.29, 0.717) is 19.3 Å². The van der Waals surface area contributed by atoms with E-state index in [4.69, 9.17) is 0 Å². The lowest BCUT2D eigenvalue weighted by Crippen LogP contribution is -2.10. The molecular formula is C9H18O3S. The normalized spacial score (nSPS) is 11.5. The molecule has 0 aliphatic carbocycles. The maximum absolute atomic E-state index is 11.0. The lowest BCUT2D eigenvalue weighted by molar-refractivity contribution is -0.119. The predicted molar refractivity (Wildman–Crippen MR) is 53.5 cm³/mol. The van der Waals surface area contributed by atoms with Crippen LogP contribution in [-0.4, -0.2) is 25.7 Å². The van der Waals surface area contributed by atoms with Crippen molar-refractivity contribution >= 4 is 15.6 Å². The van der Waals surface area contributed by atoms with Crippen LogP contribution in [-0.2, 0) is 14.6 Å². The lowest BCUT2D eigenvalue weighted by Gasteiger charge is -2.00. The van der Waals surface area contributed by atoms with E-state index in [9.17, 15) is 13.2 Å². The van der Waals surface area contributed by atoms with Crippen molar-refractivity contribution in [2.45, 2.75) is 39.5 Å². The first-order valence-electron chi connectivity index (χ1n) is 4.74. The Hall–Kier alpha value is -0.380. The first-order valence-corrected chi connectivity index (χ1v) is 6.56. The third kappa shape index (κ3) is 6.75. The van der Waals surface area contributed by atoms with Crippen LogP contribution in [0, 0.1) is 0 Å². The summed E-state index contributed by atoms with van der Waals surface area (Å²) in [5.41, 5.74) is 0. The highest BCUT2D eigenvalue weighted by molar-refractivity contribution is 7.91. The average molecular weight is 206 g/mol. The van der Waals surface area contributed by atoms with E-state index in [2.05, 4.69) is 0 Å². The summed E-state index contributed by atoms with van der Waals surface area (Å²) >= 11 is 0. The van der Waals surface area contributed by atoms with Crippen LogP contribution >= 0.6 is 0 Å². The largest absolute Gasteiger partial charge is 0.300 e. The molecule has 3 nitrogen and oxygen atoms in total. The van der Waals surface area contributed by atoms with Gasteiger partial charge in [0.1, 0.15) is 15.6 Å². The van der Waals surface area contributed by atoms with Gasteiger partial charge in [0.15, 0.2) is 0 Å². The van der Waals surface area contributed by atoms with E-state index >= 15 is 0 Å². The van der Waals surface area contributed by atoms with Crippen molar-refractivity contribution in [2.24, 2.45) is 0 Å². The van der Waals surface area contributed by atoms with Gasteiger partial charge >= 0.3 is 0 Å². The third-order valence-electron chi connectivity index (χ3n) is 1.88. The summed E-state index contributed by atoms with van der Waals surface area (Å²) in [5, 5.41) is 0.